The number of benzene rings is 2. The van der Waals surface area contributed by atoms with Crippen LogP contribution >= 0.6 is 11.6 Å². The molecule has 1 amide bonds. The molecule has 2 aromatic carbocycles. The van der Waals surface area contributed by atoms with Gasteiger partial charge in [0.2, 0.25) is 0 Å². The van der Waals surface area contributed by atoms with E-state index in [1.807, 2.05) is 48.5 Å². The van der Waals surface area contributed by atoms with Gasteiger partial charge in [-0.05, 0) is 69.9 Å². The minimum Gasteiger partial charge on any atom is -0.463 e. The van der Waals surface area contributed by atoms with Crippen LogP contribution in [0.5, 0.6) is 0 Å². The summed E-state index contributed by atoms with van der Waals surface area (Å²) in [6.07, 6.45) is 1.65. The van der Waals surface area contributed by atoms with E-state index in [4.69, 9.17) is 21.1 Å². The molecule has 0 aliphatic rings. The number of hydrogen-bond acceptors (Lipinski definition) is 4. The second-order valence-electron chi connectivity index (χ2n) is 8.23. The number of alkyl carbamates (subject to hydrolysis) is 1. The topological polar surface area (TPSA) is 64.6 Å². The maximum absolute atomic E-state index is 12.3. The highest BCUT2D eigenvalue weighted by atomic mass is 35.5. The second-order valence-corrected chi connectivity index (χ2v) is 8.67. The van der Waals surface area contributed by atoms with Crippen LogP contribution in [-0.2, 0) is 20.7 Å². The van der Waals surface area contributed by atoms with Crippen molar-refractivity contribution >= 4 is 23.7 Å². The molecule has 0 spiro atoms. The lowest BCUT2D eigenvalue weighted by atomic mass is 9.99. The second kappa shape index (κ2) is 11.0. The predicted octanol–water partition coefficient (Wildman–Crippen LogP) is 5.95. The summed E-state index contributed by atoms with van der Waals surface area (Å²) < 4.78 is 10.4. The molecule has 0 fully saturated rings. The Bertz CT molecular complexity index is 929. The van der Waals surface area contributed by atoms with Crippen molar-refractivity contribution in [1.82, 2.24) is 5.32 Å². The third-order valence-electron chi connectivity index (χ3n) is 4.32. The molecule has 1 N–H and O–H groups in total. The summed E-state index contributed by atoms with van der Waals surface area (Å²) in [5.74, 6) is -0.408. The van der Waals surface area contributed by atoms with E-state index in [-0.39, 0.29) is 0 Å². The summed E-state index contributed by atoms with van der Waals surface area (Å²) in [6.45, 7) is 9.12. The fraction of sp³-hybridized carbons (Fsp3) is 0.360. The first-order chi connectivity index (χ1) is 14.6. The molecule has 0 saturated carbocycles. The van der Waals surface area contributed by atoms with Crippen LogP contribution in [0.1, 0.15) is 40.2 Å². The maximum Gasteiger partial charge on any atom is 0.408 e. The molecule has 0 heterocycles. The number of ether oxygens (including phenoxy) is 2. The van der Waals surface area contributed by atoms with Crippen molar-refractivity contribution in [2.24, 2.45) is 0 Å². The van der Waals surface area contributed by atoms with Crippen LogP contribution in [0.3, 0.4) is 0 Å². The van der Waals surface area contributed by atoms with Crippen LogP contribution in [0.4, 0.5) is 4.79 Å². The average Bonchev–Trinajstić information content (AvgIpc) is 2.67. The van der Waals surface area contributed by atoms with Gasteiger partial charge in [0.05, 0.1) is 12.6 Å². The molecule has 31 heavy (non-hydrogen) atoms. The number of halogens is 1. The van der Waals surface area contributed by atoms with E-state index in [9.17, 15) is 9.59 Å². The Morgan fingerprint density at radius 2 is 1.77 bits per heavy atom. The summed E-state index contributed by atoms with van der Waals surface area (Å²) in [5.41, 5.74) is 2.88. The molecule has 1 unspecified atom stereocenters. The summed E-state index contributed by atoms with van der Waals surface area (Å²) in [7, 11) is 0. The van der Waals surface area contributed by atoms with Gasteiger partial charge in [-0.3, -0.25) is 0 Å². The summed E-state index contributed by atoms with van der Waals surface area (Å²) in [6, 6.07) is 15.2. The van der Waals surface area contributed by atoms with E-state index in [0.29, 0.717) is 23.6 Å². The van der Waals surface area contributed by atoms with Crippen molar-refractivity contribution in [3.63, 3.8) is 0 Å². The molecule has 2 aromatic rings. The van der Waals surface area contributed by atoms with Crippen molar-refractivity contribution in [2.75, 3.05) is 6.61 Å². The Morgan fingerprint density at radius 1 is 1.10 bits per heavy atom. The van der Waals surface area contributed by atoms with E-state index in [1.165, 1.54) is 0 Å². The SMILES string of the molecule is CCOC(=O)C(C)=CC(Cc1ccc(-c2cccc(Cl)c2)cc1)NC(=O)OC(C)(C)C. The first-order valence-electron chi connectivity index (χ1n) is 10.3. The lowest BCUT2D eigenvalue weighted by Crippen LogP contribution is -2.39. The highest BCUT2D eigenvalue weighted by molar-refractivity contribution is 6.30. The first-order valence-corrected chi connectivity index (χ1v) is 10.6. The molecule has 0 bridgehead atoms. The van der Waals surface area contributed by atoms with Gasteiger partial charge in [-0.2, -0.15) is 0 Å². The minimum absolute atomic E-state index is 0.291. The highest BCUT2D eigenvalue weighted by Gasteiger charge is 2.20. The molecule has 5 nitrogen and oxygen atoms in total. The third kappa shape index (κ3) is 8.46. The predicted molar refractivity (Wildman–Crippen MR) is 124 cm³/mol. The van der Waals surface area contributed by atoms with Crippen LogP contribution in [0.25, 0.3) is 11.1 Å². The molecule has 0 aliphatic carbocycles. The van der Waals surface area contributed by atoms with Gasteiger partial charge >= 0.3 is 12.1 Å². The van der Waals surface area contributed by atoms with Crippen molar-refractivity contribution in [1.29, 1.82) is 0 Å². The van der Waals surface area contributed by atoms with Crippen molar-refractivity contribution < 1.29 is 19.1 Å². The molecular weight excluding hydrogens is 414 g/mol. The van der Waals surface area contributed by atoms with E-state index in [1.54, 1.807) is 40.7 Å². The molecule has 1 atom stereocenters. The molecule has 0 saturated heterocycles. The van der Waals surface area contributed by atoms with Crippen LogP contribution in [0, 0.1) is 0 Å². The molecule has 0 aromatic heterocycles. The Balaban J connectivity index is 2.20. The lowest BCUT2D eigenvalue weighted by Gasteiger charge is -2.23. The standard InChI is InChI=1S/C25H30ClNO4/c1-6-30-23(28)17(2)14-22(27-24(29)31-25(3,4)5)15-18-10-12-19(13-11-18)20-8-7-9-21(26)16-20/h7-14,16,22H,6,15H2,1-5H3,(H,27,29). The Kier molecular flexibility index (Phi) is 8.69. The number of carbonyl (C=O) groups is 2. The molecule has 166 valence electrons. The monoisotopic (exact) mass is 443 g/mol. The van der Waals surface area contributed by atoms with Gasteiger partial charge in [-0.25, -0.2) is 9.59 Å². The van der Waals surface area contributed by atoms with E-state index in [2.05, 4.69) is 5.32 Å². The smallest absolute Gasteiger partial charge is 0.408 e. The van der Waals surface area contributed by atoms with Gasteiger partial charge in [0.1, 0.15) is 5.60 Å². The van der Waals surface area contributed by atoms with E-state index < -0.39 is 23.7 Å². The van der Waals surface area contributed by atoms with Crippen LogP contribution in [0.15, 0.2) is 60.2 Å². The van der Waals surface area contributed by atoms with E-state index >= 15 is 0 Å². The maximum atomic E-state index is 12.3. The van der Waals surface area contributed by atoms with Crippen LogP contribution < -0.4 is 5.32 Å². The zero-order valence-electron chi connectivity index (χ0n) is 18.7. The largest absolute Gasteiger partial charge is 0.463 e. The summed E-state index contributed by atoms with van der Waals surface area (Å²) >= 11 is 6.09. The van der Waals surface area contributed by atoms with Crippen LogP contribution in [-0.4, -0.2) is 30.3 Å². The first kappa shape index (κ1) is 24.5. The molecule has 0 aliphatic heterocycles. The average molecular weight is 444 g/mol. The van der Waals surface area contributed by atoms with Gasteiger partial charge in [-0.15, -0.1) is 0 Å². The van der Waals surface area contributed by atoms with Gasteiger partial charge in [0, 0.05) is 10.6 Å². The Morgan fingerprint density at radius 3 is 2.35 bits per heavy atom. The van der Waals surface area contributed by atoms with Crippen LogP contribution in [0.2, 0.25) is 5.02 Å². The summed E-state index contributed by atoms with van der Waals surface area (Å²) in [5, 5.41) is 3.52. The molecule has 0 radical (unpaired) electrons. The van der Waals surface area contributed by atoms with Gasteiger partial charge in [0.25, 0.3) is 0 Å². The fourth-order valence-electron chi connectivity index (χ4n) is 2.98. The zero-order chi connectivity index (χ0) is 23.0. The van der Waals surface area contributed by atoms with Crippen molar-refractivity contribution in [3.05, 3.63) is 70.8 Å². The number of rotatable bonds is 7. The third-order valence-corrected chi connectivity index (χ3v) is 4.55. The molecular formula is C25H30ClNO4. The quantitative estimate of drug-likeness (QED) is 0.424. The number of esters is 1. The number of nitrogens with one attached hydrogen (secondary N) is 1. The molecule has 2 rings (SSSR count). The van der Waals surface area contributed by atoms with Gasteiger partial charge < -0.3 is 14.8 Å². The van der Waals surface area contributed by atoms with Crippen molar-refractivity contribution in [2.45, 2.75) is 52.7 Å². The lowest BCUT2D eigenvalue weighted by molar-refractivity contribution is -0.138. The number of hydrogen-bond donors (Lipinski definition) is 1. The van der Waals surface area contributed by atoms with E-state index in [0.717, 1.165) is 16.7 Å². The highest BCUT2D eigenvalue weighted by Crippen LogP contribution is 2.23. The number of carbonyl (C=O) groups excluding carboxylic acids is 2. The Labute approximate surface area is 189 Å². The number of amides is 1. The Hall–Kier alpha value is -2.79. The minimum atomic E-state index is -0.618. The van der Waals surface area contributed by atoms with Gasteiger partial charge in [-0.1, -0.05) is 54.1 Å². The summed E-state index contributed by atoms with van der Waals surface area (Å²) in [4.78, 5) is 24.3. The normalized spacial score (nSPS) is 12.8. The molecule has 6 heteroatoms. The van der Waals surface area contributed by atoms with Gasteiger partial charge in [0.15, 0.2) is 0 Å². The fourth-order valence-corrected chi connectivity index (χ4v) is 3.17. The zero-order valence-corrected chi connectivity index (χ0v) is 19.5. The van der Waals surface area contributed by atoms with Crippen molar-refractivity contribution in [3.8, 4) is 11.1 Å².